The number of carbonyl (C=O) groups is 4. The summed E-state index contributed by atoms with van der Waals surface area (Å²) in [5.41, 5.74) is -1.38. The number of amides is 4. The molecule has 0 bridgehead atoms. The van der Waals surface area contributed by atoms with Crippen LogP contribution in [0, 0.1) is 0 Å². The lowest BCUT2D eigenvalue weighted by atomic mass is 10.2. The van der Waals surface area contributed by atoms with Crippen molar-refractivity contribution in [1.82, 2.24) is 35.4 Å². The van der Waals surface area contributed by atoms with E-state index in [0.717, 1.165) is 0 Å². The Morgan fingerprint density at radius 1 is 0.857 bits per heavy atom. The number of aromatic nitrogens is 3. The third kappa shape index (κ3) is 13.6. The Morgan fingerprint density at radius 3 is 2.00 bits per heavy atom. The van der Waals surface area contributed by atoms with Gasteiger partial charge in [0.25, 0.3) is 0 Å². The molecule has 15 nitrogen and oxygen atoms in total. The number of carbonyl (C=O) groups excluding carboxylic acids is 4. The van der Waals surface area contributed by atoms with Gasteiger partial charge in [0.15, 0.2) is 0 Å². The molecule has 1 fully saturated rings. The van der Waals surface area contributed by atoms with Crippen LogP contribution in [0.15, 0.2) is 11.2 Å². The fourth-order valence-electron chi connectivity index (χ4n) is 3.60. The van der Waals surface area contributed by atoms with E-state index in [1.807, 2.05) is 20.8 Å². The molecule has 1 aromatic rings. The van der Waals surface area contributed by atoms with Gasteiger partial charge in [-0.05, 0) is 75.2 Å². The molecule has 1 aliphatic rings. The van der Waals surface area contributed by atoms with Crippen molar-refractivity contribution in [3.63, 3.8) is 0 Å². The Bertz CT molecular complexity index is 1120. The van der Waals surface area contributed by atoms with E-state index in [1.165, 1.54) is 4.68 Å². The van der Waals surface area contributed by atoms with E-state index in [-0.39, 0.29) is 24.5 Å². The van der Waals surface area contributed by atoms with E-state index in [4.69, 9.17) is 14.2 Å². The number of nitrogens with one attached hydrogen (secondary N) is 2. The minimum atomic E-state index is -0.861. The molecule has 1 saturated heterocycles. The second-order valence-corrected chi connectivity index (χ2v) is 12.9. The monoisotopic (exact) mass is 594 g/mol. The molecule has 0 saturated carbocycles. The Hall–Kier alpha value is -3.91. The minimum Gasteiger partial charge on any atom is -0.444 e. The van der Waals surface area contributed by atoms with Gasteiger partial charge >= 0.3 is 18.3 Å². The smallest absolute Gasteiger partial charge is 0.437 e. The number of guanidine groups is 1. The first-order valence-electron chi connectivity index (χ1n) is 14.0. The highest BCUT2D eigenvalue weighted by molar-refractivity contribution is 5.98. The molecular formula is C27H46N8O7. The number of aryl methyl sites for hydroxylation is 1. The molecule has 1 aromatic heterocycles. The highest BCUT2D eigenvalue weighted by Gasteiger charge is 2.28. The zero-order chi connectivity index (χ0) is 31.7. The highest BCUT2D eigenvalue weighted by Crippen LogP contribution is 2.13. The maximum absolute atomic E-state index is 12.8. The van der Waals surface area contributed by atoms with Crippen LogP contribution >= 0.6 is 0 Å². The molecule has 1 aliphatic heterocycles. The number of aliphatic imine (C=N–C) groups is 1. The van der Waals surface area contributed by atoms with Gasteiger partial charge in [0.05, 0.1) is 5.69 Å². The van der Waals surface area contributed by atoms with E-state index in [0.29, 0.717) is 51.3 Å². The van der Waals surface area contributed by atoms with Gasteiger partial charge in [-0.2, -0.15) is 0 Å². The molecule has 0 atom stereocenters. The van der Waals surface area contributed by atoms with Crippen LogP contribution in [0.3, 0.4) is 0 Å². The van der Waals surface area contributed by atoms with Gasteiger partial charge in [0.1, 0.15) is 23.3 Å². The van der Waals surface area contributed by atoms with E-state index >= 15 is 0 Å². The molecule has 0 spiro atoms. The quantitative estimate of drug-likeness (QED) is 0.216. The summed E-state index contributed by atoms with van der Waals surface area (Å²) in [5, 5.41) is 13.5. The van der Waals surface area contributed by atoms with Crippen LogP contribution in [0.4, 0.5) is 14.4 Å². The summed E-state index contributed by atoms with van der Waals surface area (Å²) in [6.45, 7) is 17.7. The fourth-order valence-corrected chi connectivity index (χ4v) is 3.60. The van der Waals surface area contributed by atoms with E-state index < -0.39 is 29.0 Å². The lowest BCUT2D eigenvalue weighted by Gasteiger charge is -2.35. The van der Waals surface area contributed by atoms with Crippen LogP contribution in [-0.2, 0) is 32.0 Å². The standard InChI is InChI=1S/C27H46N8O7/c1-25(2,3)40-22(37)29-21(30-23(38)41-26(4,5)6)28-12-10-11-19-17-35(32-31-19)18-20(36)33-13-15-34(16-14-33)24(39)42-27(7,8)9/h17H,10-16,18H2,1-9H3,(H2,28,29,30,37,38). The van der Waals surface area contributed by atoms with Crippen molar-refractivity contribution in [2.75, 3.05) is 32.7 Å². The second-order valence-electron chi connectivity index (χ2n) is 12.9. The third-order valence-corrected chi connectivity index (χ3v) is 5.29. The highest BCUT2D eigenvalue weighted by atomic mass is 16.6. The van der Waals surface area contributed by atoms with Gasteiger partial charge in [-0.3, -0.25) is 10.1 Å². The molecule has 2 rings (SSSR count). The van der Waals surface area contributed by atoms with Gasteiger partial charge in [-0.1, -0.05) is 5.21 Å². The summed E-state index contributed by atoms with van der Waals surface area (Å²) in [5.74, 6) is -0.215. The van der Waals surface area contributed by atoms with E-state index in [9.17, 15) is 19.2 Å². The van der Waals surface area contributed by atoms with Crippen molar-refractivity contribution in [2.24, 2.45) is 4.99 Å². The minimum absolute atomic E-state index is 0.0319. The molecule has 42 heavy (non-hydrogen) atoms. The Labute approximate surface area is 247 Å². The van der Waals surface area contributed by atoms with Gasteiger partial charge in [-0.15, -0.1) is 10.1 Å². The Morgan fingerprint density at radius 2 is 1.43 bits per heavy atom. The van der Waals surface area contributed by atoms with Gasteiger partial charge in [0.2, 0.25) is 11.9 Å². The number of nitrogens with zero attached hydrogens (tertiary/aromatic N) is 6. The van der Waals surface area contributed by atoms with Crippen molar-refractivity contribution < 1.29 is 33.4 Å². The van der Waals surface area contributed by atoms with E-state index in [1.54, 1.807) is 57.5 Å². The Balaban J connectivity index is 1.83. The first-order chi connectivity index (χ1) is 19.3. The van der Waals surface area contributed by atoms with Crippen LogP contribution in [0.2, 0.25) is 0 Å². The largest absolute Gasteiger partial charge is 0.444 e. The van der Waals surface area contributed by atoms with Gasteiger partial charge < -0.3 is 29.3 Å². The number of rotatable bonds is 6. The number of hydrogen-bond acceptors (Lipinski definition) is 9. The SMILES string of the molecule is CC(C)(C)OC(=O)/N=C(\NCCCc1cn(CC(=O)N2CCN(C(=O)OC(C)(C)C)CC2)nn1)NC(=O)OC(C)(C)C. The number of piperazine rings is 1. The van der Waals surface area contributed by atoms with Crippen molar-refractivity contribution >= 4 is 30.1 Å². The molecule has 0 radical (unpaired) electrons. The van der Waals surface area contributed by atoms with Crippen LogP contribution < -0.4 is 10.6 Å². The molecule has 15 heteroatoms. The third-order valence-electron chi connectivity index (χ3n) is 5.29. The van der Waals surface area contributed by atoms with Crippen LogP contribution in [0.5, 0.6) is 0 Å². The molecule has 4 amide bonds. The maximum Gasteiger partial charge on any atom is 0.437 e. The number of hydrogen-bond donors (Lipinski definition) is 2. The second kappa shape index (κ2) is 14.3. The van der Waals surface area contributed by atoms with Crippen LogP contribution in [-0.4, -0.2) is 104 Å². The lowest BCUT2D eigenvalue weighted by molar-refractivity contribution is -0.133. The molecule has 2 N–H and O–H groups in total. The summed E-state index contributed by atoms with van der Waals surface area (Å²) >= 11 is 0. The summed E-state index contributed by atoms with van der Waals surface area (Å²) in [7, 11) is 0. The average molecular weight is 595 g/mol. The summed E-state index contributed by atoms with van der Waals surface area (Å²) in [6, 6.07) is 0. The molecule has 2 heterocycles. The van der Waals surface area contributed by atoms with Crippen LogP contribution in [0.25, 0.3) is 0 Å². The zero-order valence-corrected chi connectivity index (χ0v) is 26.3. The molecule has 0 aromatic carbocycles. The van der Waals surface area contributed by atoms with Crippen molar-refractivity contribution in [3.05, 3.63) is 11.9 Å². The molecule has 0 aliphatic carbocycles. The molecular weight excluding hydrogens is 548 g/mol. The normalized spacial score (nSPS) is 14.7. The summed E-state index contributed by atoms with van der Waals surface area (Å²) in [6.07, 6.45) is 0.763. The first kappa shape index (κ1) is 34.3. The van der Waals surface area contributed by atoms with Crippen LogP contribution in [0.1, 0.15) is 74.4 Å². The van der Waals surface area contributed by atoms with Gasteiger partial charge in [0, 0.05) is 38.9 Å². The van der Waals surface area contributed by atoms with Gasteiger partial charge in [-0.25, -0.2) is 19.1 Å². The first-order valence-corrected chi connectivity index (χ1v) is 14.0. The van der Waals surface area contributed by atoms with Crippen molar-refractivity contribution in [2.45, 2.75) is 98.5 Å². The lowest BCUT2D eigenvalue weighted by Crippen LogP contribution is -2.52. The predicted octanol–water partition coefficient (Wildman–Crippen LogP) is 2.70. The number of ether oxygens (including phenoxy) is 3. The van der Waals surface area contributed by atoms with Crippen molar-refractivity contribution in [3.8, 4) is 0 Å². The topological polar surface area (TPSA) is 170 Å². The summed E-state index contributed by atoms with van der Waals surface area (Å²) < 4.78 is 17.3. The average Bonchev–Trinajstić information content (AvgIpc) is 3.25. The summed E-state index contributed by atoms with van der Waals surface area (Å²) in [4.78, 5) is 56.5. The molecule has 0 unspecified atom stereocenters. The zero-order valence-electron chi connectivity index (χ0n) is 26.3. The van der Waals surface area contributed by atoms with Crippen molar-refractivity contribution in [1.29, 1.82) is 0 Å². The fraction of sp³-hybridized carbons (Fsp3) is 0.741. The van der Waals surface area contributed by atoms with E-state index in [2.05, 4.69) is 25.9 Å². The Kier molecular flexibility index (Phi) is 11.7. The molecule has 236 valence electrons. The predicted molar refractivity (Wildman–Crippen MR) is 154 cm³/mol. The maximum atomic E-state index is 12.8. The number of alkyl carbamates (subject to hydrolysis) is 1.